The molecule has 3 rings (SSSR count). The second kappa shape index (κ2) is 6.00. The first-order valence-electron chi connectivity index (χ1n) is 7.27. The highest BCUT2D eigenvalue weighted by Gasteiger charge is 2.37. The minimum atomic E-state index is -1.27. The number of nitrogens with zero attached hydrogens (tertiary/aromatic N) is 4. The predicted molar refractivity (Wildman–Crippen MR) is 78.2 cm³/mol. The molecule has 0 aliphatic carbocycles. The van der Waals surface area contributed by atoms with Crippen molar-refractivity contribution in [3.05, 3.63) is 47.3 Å². The zero-order valence-corrected chi connectivity index (χ0v) is 12.7. The van der Waals surface area contributed by atoms with Gasteiger partial charge in [-0.1, -0.05) is 6.07 Å². The molecular weight excluding hydrogens is 321 g/mol. The van der Waals surface area contributed by atoms with Crippen molar-refractivity contribution >= 4 is 5.91 Å². The molecule has 1 saturated heterocycles. The highest BCUT2D eigenvalue weighted by molar-refractivity contribution is 5.94. The number of rotatable bonds is 2. The molecule has 1 fully saturated rings. The van der Waals surface area contributed by atoms with Gasteiger partial charge in [-0.15, -0.1) is 0 Å². The molecule has 2 atom stereocenters. The molecule has 0 bridgehead atoms. The Bertz CT molecular complexity index is 822. The molecule has 0 radical (unpaired) electrons. The lowest BCUT2D eigenvalue weighted by molar-refractivity contribution is 0.0749. The molecular formula is C16H13F3N4O. The van der Waals surface area contributed by atoms with Gasteiger partial charge in [-0.2, -0.15) is 10.4 Å². The summed E-state index contributed by atoms with van der Waals surface area (Å²) in [6.07, 6.45) is -0.00623. The van der Waals surface area contributed by atoms with Crippen LogP contribution >= 0.6 is 0 Å². The Hall–Kier alpha value is -2.82. The number of benzene rings is 1. The average Bonchev–Trinajstić information content (AvgIpc) is 3.09. The Morgan fingerprint density at radius 2 is 2.04 bits per heavy atom. The lowest BCUT2D eigenvalue weighted by atomic mass is 10.2. The summed E-state index contributed by atoms with van der Waals surface area (Å²) in [5.74, 6) is -2.28. The number of nitriles is 1. The maximum absolute atomic E-state index is 13.9. The van der Waals surface area contributed by atoms with E-state index in [1.807, 2.05) is 6.07 Å². The predicted octanol–water partition coefficient (Wildman–Crippen LogP) is 2.54. The van der Waals surface area contributed by atoms with Gasteiger partial charge in [0.05, 0.1) is 12.6 Å². The number of likely N-dealkylation sites (tertiary alicyclic amines) is 1. The average molecular weight is 334 g/mol. The van der Waals surface area contributed by atoms with Crippen LogP contribution in [0.2, 0.25) is 0 Å². The van der Waals surface area contributed by atoms with E-state index >= 15 is 0 Å². The summed E-state index contributed by atoms with van der Waals surface area (Å²) < 4.78 is 42.2. The number of amides is 1. The Balaban J connectivity index is 1.98. The normalized spacial score (nSPS) is 20.2. The van der Waals surface area contributed by atoms with E-state index in [0.717, 1.165) is 21.7 Å². The maximum Gasteiger partial charge on any atom is 0.275 e. The fourth-order valence-electron chi connectivity index (χ4n) is 2.76. The second-order valence-corrected chi connectivity index (χ2v) is 5.61. The topological polar surface area (TPSA) is 61.9 Å². The third-order valence-electron chi connectivity index (χ3n) is 3.93. The molecule has 1 aromatic heterocycles. The summed E-state index contributed by atoms with van der Waals surface area (Å²) >= 11 is 0. The van der Waals surface area contributed by atoms with Crippen molar-refractivity contribution in [2.75, 3.05) is 6.54 Å². The molecule has 8 heteroatoms. The third-order valence-corrected chi connectivity index (χ3v) is 3.93. The number of para-hydroxylation sites is 1. The number of alkyl halides is 1. The molecule has 0 spiro atoms. The zero-order valence-electron chi connectivity index (χ0n) is 12.7. The van der Waals surface area contributed by atoms with Gasteiger partial charge in [0.25, 0.3) is 5.91 Å². The van der Waals surface area contributed by atoms with Crippen molar-refractivity contribution in [2.24, 2.45) is 0 Å². The molecule has 124 valence electrons. The van der Waals surface area contributed by atoms with E-state index < -0.39 is 35.4 Å². The number of halogens is 3. The number of aromatic nitrogens is 2. The summed E-state index contributed by atoms with van der Waals surface area (Å²) in [7, 11) is 0. The first-order chi connectivity index (χ1) is 11.4. The summed E-state index contributed by atoms with van der Waals surface area (Å²) in [4.78, 5) is 13.6. The van der Waals surface area contributed by atoms with Crippen LogP contribution in [0.3, 0.4) is 0 Å². The minimum absolute atomic E-state index is 0.0516. The Morgan fingerprint density at radius 1 is 1.38 bits per heavy atom. The zero-order chi connectivity index (χ0) is 17.4. The van der Waals surface area contributed by atoms with Crippen LogP contribution in [-0.2, 0) is 0 Å². The third kappa shape index (κ3) is 2.62. The van der Waals surface area contributed by atoms with E-state index in [4.69, 9.17) is 5.26 Å². The lowest BCUT2D eigenvalue weighted by Gasteiger charge is -2.18. The van der Waals surface area contributed by atoms with E-state index in [1.54, 1.807) is 6.92 Å². The summed E-state index contributed by atoms with van der Waals surface area (Å²) in [5.41, 5.74) is -0.0880. The van der Waals surface area contributed by atoms with Gasteiger partial charge in [0, 0.05) is 18.2 Å². The second-order valence-electron chi connectivity index (χ2n) is 5.61. The van der Waals surface area contributed by atoms with Gasteiger partial charge in [0.15, 0.2) is 17.3 Å². The maximum atomic E-state index is 13.9. The molecule has 1 aliphatic rings. The SMILES string of the molecule is Cc1cn(-c2c(F)cccc2F)nc1C(=O)N1CC(F)CC1C#N. The fraction of sp³-hybridized carbons (Fsp3) is 0.312. The Morgan fingerprint density at radius 3 is 2.67 bits per heavy atom. The van der Waals surface area contributed by atoms with Gasteiger partial charge >= 0.3 is 0 Å². The van der Waals surface area contributed by atoms with Gasteiger partial charge in [-0.05, 0) is 19.1 Å². The molecule has 24 heavy (non-hydrogen) atoms. The first kappa shape index (κ1) is 16.1. The molecule has 0 saturated carbocycles. The molecule has 1 aromatic carbocycles. The van der Waals surface area contributed by atoms with Crippen LogP contribution < -0.4 is 0 Å². The quantitative estimate of drug-likeness (QED) is 0.848. The van der Waals surface area contributed by atoms with Gasteiger partial charge in [0.2, 0.25) is 0 Å². The van der Waals surface area contributed by atoms with Crippen LogP contribution in [-0.4, -0.2) is 39.3 Å². The van der Waals surface area contributed by atoms with Crippen molar-refractivity contribution in [1.82, 2.24) is 14.7 Å². The molecule has 1 amide bonds. The van der Waals surface area contributed by atoms with Crippen molar-refractivity contribution in [1.29, 1.82) is 5.26 Å². The van der Waals surface area contributed by atoms with Crippen molar-refractivity contribution in [3.63, 3.8) is 0 Å². The number of aryl methyl sites for hydroxylation is 1. The number of carbonyl (C=O) groups is 1. The lowest BCUT2D eigenvalue weighted by Crippen LogP contribution is -2.35. The number of carbonyl (C=O) groups excluding carboxylic acids is 1. The molecule has 2 unspecified atom stereocenters. The highest BCUT2D eigenvalue weighted by atomic mass is 19.1. The standard InChI is InChI=1S/C16H13F3N4O/c1-9-7-23(15-12(18)3-2-4-13(15)19)21-14(9)16(24)22-8-10(17)5-11(22)6-20/h2-4,7,10-11H,5,8H2,1H3. The van der Waals surface area contributed by atoms with E-state index in [9.17, 15) is 18.0 Å². The molecule has 2 aromatic rings. The largest absolute Gasteiger partial charge is 0.318 e. The number of hydrogen-bond donors (Lipinski definition) is 0. The minimum Gasteiger partial charge on any atom is -0.318 e. The van der Waals surface area contributed by atoms with Crippen LogP contribution in [0.25, 0.3) is 5.69 Å². The highest BCUT2D eigenvalue weighted by Crippen LogP contribution is 2.24. The molecule has 2 heterocycles. The van der Waals surface area contributed by atoms with Gasteiger partial charge < -0.3 is 4.90 Å². The van der Waals surface area contributed by atoms with Crippen LogP contribution in [0.1, 0.15) is 22.5 Å². The van der Waals surface area contributed by atoms with Crippen LogP contribution in [0.15, 0.2) is 24.4 Å². The van der Waals surface area contributed by atoms with Crippen molar-refractivity contribution in [2.45, 2.75) is 25.6 Å². The van der Waals surface area contributed by atoms with Crippen LogP contribution in [0, 0.1) is 29.9 Å². The molecule has 5 nitrogen and oxygen atoms in total. The molecule has 1 aliphatic heterocycles. The first-order valence-corrected chi connectivity index (χ1v) is 7.27. The molecule has 0 N–H and O–H groups in total. The van der Waals surface area contributed by atoms with Crippen LogP contribution in [0.4, 0.5) is 13.2 Å². The fourth-order valence-corrected chi connectivity index (χ4v) is 2.76. The Kier molecular flexibility index (Phi) is 4.01. The summed E-state index contributed by atoms with van der Waals surface area (Å²) in [6, 6.07) is 4.39. The number of hydrogen-bond acceptors (Lipinski definition) is 3. The smallest absolute Gasteiger partial charge is 0.275 e. The van der Waals surface area contributed by atoms with Gasteiger partial charge in [0.1, 0.15) is 17.9 Å². The van der Waals surface area contributed by atoms with E-state index in [0.29, 0.717) is 5.56 Å². The monoisotopic (exact) mass is 334 g/mol. The van der Waals surface area contributed by atoms with E-state index in [2.05, 4.69) is 5.10 Å². The van der Waals surface area contributed by atoms with Crippen molar-refractivity contribution < 1.29 is 18.0 Å². The van der Waals surface area contributed by atoms with E-state index in [-0.39, 0.29) is 18.7 Å². The van der Waals surface area contributed by atoms with Crippen LogP contribution in [0.5, 0.6) is 0 Å². The Labute approximate surface area is 135 Å². The summed E-state index contributed by atoms with van der Waals surface area (Å²) in [6.45, 7) is 1.36. The van der Waals surface area contributed by atoms with Gasteiger partial charge in [-0.3, -0.25) is 4.79 Å². The van der Waals surface area contributed by atoms with Gasteiger partial charge in [-0.25, -0.2) is 17.9 Å². The van der Waals surface area contributed by atoms with E-state index in [1.165, 1.54) is 12.3 Å². The van der Waals surface area contributed by atoms with Crippen molar-refractivity contribution in [3.8, 4) is 11.8 Å². The summed E-state index contributed by atoms with van der Waals surface area (Å²) in [5, 5.41) is 13.0.